The first-order valence-electron chi connectivity index (χ1n) is 8.53. The first kappa shape index (κ1) is 18.8. The number of hydrogen-bond donors (Lipinski definition) is 1. The maximum Gasteiger partial charge on any atom is 0.328 e. The van der Waals surface area contributed by atoms with Gasteiger partial charge >= 0.3 is 5.97 Å². The lowest BCUT2D eigenvalue weighted by molar-refractivity contribution is -0.146. The summed E-state index contributed by atoms with van der Waals surface area (Å²) in [4.78, 5) is 26.1. The average Bonchev–Trinajstić information content (AvgIpc) is 2.64. The topological polar surface area (TPSA) is 58.6 Å². The first-order chi connectivity index (χ1) is 12.0. The number of nitrogens with one attached hydrogen (secondary N) is 1. The predicted molar refractivity (Wildman–Crippen MR) is 101 cm³/mol. The van der Waals surface area contributed by atoms with Gasteiger partial charge in [0.1, 0.15) is 6.04 Å². The van der Waals surface area contributed by atoms with Gasteiger partial charge < -0.3 is 15.0 Å². The number of benzene rings is 2. The third-order valence-electron chi connectivity index (χ3n) is 4.54. The minimum absolute atomic E-state index is 0.0161. The summed E-state index contributed by atoms with van der Waals surface area (Å²) in [5.74, 6) is -0.593. The fraction of sp³-hybridized carbons (Fsp3) is 0.400. The number of methoxy groups -OCH3 is 1. The van der Waals surface area contributed by atoms with Crippen LogP contribution in [-0.2, 0) is 14.3 Å². The maximum atomic E-state index is 12.4. The molecule has 0 spiro atoms. The molecule has 5 nitrogen and oxygen atoms in total. The van der Waals surface area contributed by atoms with Gasteiger partial charge in [-0.3, -0.25) is 4.79 Å². The minimum Gasteiger partial charge on any atom is -0.467 e. The van der Waals surface area contributed by atoms with Crippen LogP contribution >= 0.6 is 0 Å². The Labute approximate surface area is 149 Å². The molecule has 1 N–H and O–H groups in total. The molecule has 2 rings (SSSR count). The van der Waals surface area contributed by atoms with Crippen LogP contribution in [0.3, 0.4) is 0 Å². The van der Waals surface area contributed by atoms with Gasteiger partial charge in [0.25, 0.3) is 0 Å². The fourth-order valence-corrected chi connectivity index (χ4v) is 2.74. The molecule has 134 valence electrons. The lowest BCUT2D eigenvalue weighted by Gasteiger charge is -2.24. The van der Waals surface area contributed by atoms with E-state index in [1.807, 2.05) is 56.1 Å². The summed E-state index contributed by atoms with van der Waals surface area (Å²) in [6.45, 7) is 4.07. The fourth-order valence-electron chi connectivity index (χ4n) is 2.74. The minimum atomic E-state index is -0.618. The third-order valence-corrected chi connectivity index (χ3v) is 4.54. The normalized spacial score (nSPS) is 13.1. The van der Waals surface area contributed by atoms with Crippen molar-refractivity contribution in [2.45, 2.75) is 26.3 Å². The Morgan fingerprint density at radius 3 is 2.48 bits per heavy atom. The highest BCUT2D eigenvalue weighted by Crippen LogP contribution is 2.21. The molecule has 0 saturated carbocycles. The Morgan fingerprint density at radius 2 is 1.84 bits per heavy atom. The van der Waals surface area contributed by atoms with Gasteiger partial charge in [0.2, 0.25) is 5.91 Å². The van der Waals surface area contributed by atoms with Crippen LogP contribution in [0.1, 0.15) is 20.3 Å². The largest absolute Gasteiger partial charge is 0.467 e. The average molecular weight is 342 g/mol. The van der Waals surface area contributed by atoms with E-state index in [4.69, 9.17) is 4.74 Å². The Kier molecular flexibility index (Phi) is 6.39. The number of anilines is 1. The van der Waals surface area contributed by atoms with Crippen molar-refractivity contribution in [1.82, 2.24) is 5.32 Å². The molecule has 0 fully saturated rings. The van der Waals surface area contributed by atoms with E-state index in [-0.39, 0.29) is 18.4 Å². The van der Waals surface area contributed by atoms with Crippen LogP contribution in [0.5, 0.6) is 0 Å². The molecule has 0 aromatic heterocycles. The van der Waals surface area contributed by atoms with E-state index in [0.29, 0.717) is 0 Å². The van der Waals surface area contributed by atoms with Gasteiger partial charge in [0.15, 0.2) is 0 Å². The number of amides is 1. The summed E-state index contributed by atoms with van der Waals surface area (Å²) in [6.07, 6.45) is 0.778. The number of nitrogens with zero attached hydrogens (tertiary/aromatic N) is 1. The Balaban J connectivity index is 2.05. The second-order valence-corrected chi connectivity index (χ2v) is 6.34. The highest BCUT2D eigenvalue weighted by Gasteiger charge is 2.26. The van der Waals surface area contributed by atoms with Crippen molar-refractivity contribution in [2.24, 2.45) is 5.92 Å². The van der Waals surface area contributed by atoms with Crippen LogP contribution in [-0.4, -0.2) is 38.6 Å². The monoisotopic (exact) mass is 342 g/mol. The van der Waals surface area contributed by atoms with Gasteiger partial charge in [-0.05, 0) is 28.8 Å². The molecule has 5 heteroatoms. The molecule has 0 unspecified atom stereocenters. The number of hydrogen-bond acceptors (Lipinski definition) is 4. The van der Waals surface area contributed by atoms with E-state index in [0.717, 1.165) is 22.9 Å². The third kappa shape index (κ3) is 4.72. The highest BCUT2D eigenvalue weighted by molar-refractivity contribution is 5.89. The van der Waals surface area contributed by atoms with Crippen molar-refractivity contribution in [2.75, 3.05) is 25.6 Å². The highest BCUT2D eigenvalue weighted by atomic mass is 16.5. The summed E-state index contributed by atoms with van der Waals surface area (Å²) in [5.41, 5.74) is 0.951. The van der Waals surface area contributed by atoms with Crippen molar-refractivity contribution in [3.05, 3.63) is 42.5 Å². The number of rotatable bonds is 7. The Bertz CT molecular complexity index is 745. The standard InChI is InChI=1S/C20H26N2O3/c1-5-14(2)19(20(24)25-4)21-18(23)13-22(3)17-11-10-15-8-6-7-9-16(15)12-17/h6-12,14,19H,5,13H2,1-4H3,(H,21,23)/t14-,19-/m0/s1. The molecule has 0 heterocycles. The van der Waals surface area contributed by atoms with Crippen molar-refractivity contribution in [1.29, 1.82) is 0 Å². The zero-order valence-corrected chi connectivity index (χ0v) is 15.3. The summed E-state index contributed by atoms with van der Waals surface area (Å²) < 4.78 is 4.81. The molecule has 0 bridgehead atoms. The summed E-state index contributed by atoms with van der Waals surface area (Å²) >= 11 is 0. The van der Waals surface area contributed by atoms with Crippen molar-refractivity contribution >= 4 is 28.3 Å². The van der Waals surface area contributed by atoms with Crippen LogP contribution in [0.2, 0.25) is 0 Å². The molecule has 0 radical (unpaired) electrons. The molecule has 2 atom stereocenters. The molecular formula is C20H26N2O3. The van der Waals surface area contributed by atoms with Gasteiger partial charge in [-0.25, -0.2) is 4.79 Å². The van der Waals surface area contributed by atoms with Crippen LogP contribution in [0, 0.1) is 5.92 Å². The van der Waals surface area contributed by atoms with Crippen LogP contribution < -0.4 is 10.2 Å². The van der Waals surface area contributed by atoms with Gasteiger partial charge in [0, 0.05) is 12.7 Å². The molecular weight excluding hydrogens is 316 g/mol. The molecule has 2 aromatic carbocycles. The van der Waals surface area contributed by atoms with Crippen molar-refractivity contribution < 1.29 is 14.3 Å². The molecule has 0 saturated heterocycles. The first-order valence-corrected chi connectivity index (χ1v) is 8.53. The second-order valence-electron chi connectivity index (χ2n) is 6.34. The zero-order chi connectivity index (χ0) is 18.4. The van der Waals surface area contributed by atoms with Crippen LogP contribution in [0.15, 0.2) is 42.5 Å². The number of likely N-dealkylation sites (N-methyl/N-ethyl adjacent to an activating group) is 1. The number of carbonyl (C=O) groups is 2. The summed E-state index contributed by atoms with van der Waals surface area (Å²) in [5, 5.41) is 5.08. The molecule has 0 aliphatic rings. The lowest BCUT2D eigenvalue weighted by atomic mass is 9.99. The van der Waals surface area contributed by atoms with E-state index >= 15 is 0 Å². The molecule has 0 aliphatic heterocycles. The maximum absolute atomic E-state index is 12.4. The summed E-state index contributed by atoms with van der Waals surface area (Å²) in [6, 6.07) is 13.6. The molecule has 0 aliphatic carbocycles. The second kappa shape index (κ2) is 8.51. The zero-order valence-electron chi connectivity index (χ0n) is 15.3. The van der Waals surface area contributed by atoms with E-state index < -0.39 is 12.0 Å². The number of carbonyl (C=O) groups excluding carboxylic acids is 2. The van der Waals surface area contributed by atoms with Crippen LogP contribution in [0.25, 0.3) is 10.8 Å². The summed E-state index contributed by atoms with van der Waals surface area (Å²) in [7, 11) is 3.20. The Hall–Kier alpha value is -2.56. The predicted octanol–water partition coefficient (Wildman–Crippen LogP) is 2.98. The smallest absolute Gasteiger partial charge is 0.328 e. The van der Waals surface area contributed by atoms with E-state index in [2.05, 4.69) is 17.4 Å². The van der Waals surface area contributed by atoms with Crippen molar-refractivity contribution in [3.63, 3.8) is 0 Å². The Morgan fingerprint density at radius 1 is 1.16 bits per heavy atom. The molecule has 1 amide bonds. The number of ether oxygens (including phenoxy) is 1. The quantitative estimate of drug-likeness (QED) is 0.786. The lowest BCUT2D eigenvalue weighted by Crippen LogP contribution is -2.48. The van der Waals surface area contributed by atoms with Gasteiger partial charge in [0.05, 0.1) is 13.7 Å². The van der Waals surface area contributed by atoms with E-state index in [1.54, 1.807) is 0 Å². The van der Waals surface area contributed by atoms with Crippen LogP contribution in [0.4, 0.5) is 5.69 Å². The van der Waals surface area contributed by atoms with E-state index in [1.165, 1.54) is 7.11 Å². The number of esters is 1. The van der Waals surface area contributed by atoms with E-state index in [9.17, 15) is 9.59 Å². The number of fused-ring (bicyclic) bond motifs is 1. The molecule has 25 heavy (non-hydrogen) atoms. The van der Waals surface area contributed by atoms with Crippen molar-refractivity contribution in [3.8, 4) is 0 Å². The van der Waals surface area contributed by atoms with Gasteiger partial charge in [-0.2, -0.15) is 0 Å². The SMILES string of the molecule is CC[C@H](C)[C@H](NC(=O)CN(C)c1ccc2ccccc2c1)C(=O)OC. The van der Waals surface area contributed by atoms with Gasteiger partial charge in [-0.15, -0.1) is 0 Å². The molecule has 2 aromatic rings. The van der Waals surface area contributed by atoms with Gasteiger partial charge in [-0.1, -0.05) is 50.6 Å².